The number of ketones is 2. The number of ether oxygens (including phenoxy) is 3. The first kappa shape index (κ1) is 31.9. The van der Waals surface area contributed by atoms with Gasteiger partial charge in [-0.1, -0.05) is 68.6 Å². The molecule has 0 radical (unpaired) electrons. The molecule has 2 aromatic carbocycles. The van der Waals surface area contributed by atoms with Gasteiger partial charge in [-0.15, -0.1) is 0 Å². The van der Waals surface area contributed by atoms with Gasteiger partial charge in [-0.05, 0) is 53.5 Å². The number of halogens is 3. The molecule has 0 bridgehead atoms. The minimum Gasteiger partial charge on any atom is -0.493 e. The highest BCUT2D eigenvalue weighted by molar-refractivity contribution is 6.35. The normalized spacial score (nSPS) is 19.9. The monoisotopic (exact) mass is 645 g/mol. The summed E-state index contributed by atoms with van der Waals surface area (Å²) < 4.78 is 17.4. The average Bonchev–Trinajstić information content (AvgIpc) is 2.90. The number of hydrogen-bond acceptors (Lipinski definition) is 6. The molecule has 6 nitrogen and oxygen atoms in total. The average molecular weight is 647 g/mol. The number of nitrogens with zero attached hydrogens (tertiary/aromatic N) is 1. The molecule has 0 spiro atoms. The van der Waals surface area contributed by atoms with Crippen molar-refractivity contribution in [1.29, 1.82) is 0 Å². The van der Waals surface area contributed by atoms with Gasteiger partial charge in [0.25, 0.3) is 0 Å². The van der Waals surface area contributed by atoms with Crippen LogP contribution in [-0.4, -0.2) is 43.8 Å². The second kappa shape index (κ2) is 12.1. The summed E-state index contributed by atoms with van der Waals surface area (Å²) in [4.78, 5) is 30.2. The summed E-state index contributed by atoms with van der Waals surface area (Å²) in [5.41, 5.74) is 4.32. The predicted octanol–water partition coefficient (Wildman–Crippen LogP) is 8.57. The maximum atomic E-state index is 14.0. The summed E-state index contributed by atoms with van der Waals surface area (Å²) in [6.07, 6.45) is 2.23. The minimum absolute atomic E-state index is 0.0515. The fourth-order valence-electron chi connectivity index (χ4n) is 6.67. The Bertz CT molecular complexity index is 1490. The molecule has 230 valence electrons. The highest BCUT2D eigenvalue weighted by atomic mass is 35.5. The maximum Gasteiger partial charge on any atom is 0.180 e. The van der Waals surface area contributed by atoms with E-state index in [9.17, 15) is 9.59 Å². The van der Waals surface area contributed by atoms with Crippen molar-refractivity contribution in [2.75, 3.05) is 27.4 Å². The van der Waals surface area contributed by atoms with Gasteiger partial charge < -0.3 is 19.1 Å². The molecule has 0 N–H and O–H groups in total. The van der Waals surface area contributed by atoms with Crippen LogP contribution in [0.2, 0.25) is 15.1 Å². The van der Waals surface area contributed by atoms with E-state index < -0.39 is 5.92 Å². The Morgan fingerprint density at radius 2 is 1.44 bits per heavy atom. The van der Waals surface area contributed by atoms with Crippen molar-refractivity contribution in [3.63, 3.8) is 0 Å². The van der Waals surface area contributed by atoms with Gasteiger partial charge in [0.1, 0.15) is 6.61 Å². The van der Waals surface area contributed by atoms with E-state index in [2.05, 4.69) is 32.6 Å². The summed E-state index contributed by atoms with van der Waals surface area (Å²) in [5, 5.41) is 1.33. The molecule has 0 unspecified atom stereocenters. The van der Waals surface area contributed by atoms with Gasteiger partial charge in [0, 0.05) is 70.6 Å². The van der Waals surface area contributed by atoms with Gasteiger partial charge in [0.15, 0.2) is 23.1 Å². The Labute approximate surface area is 268 Å². The van der Waals surface area contributed by atoms with E-state index in [1.165, 1.54) is 0 Å². The molecule has 1 heterocycles. The van der Waals surface area contributed by atoms with Crippen LogP contribution in [0.4, 0.5) is 0 Å². The largest absolute Gasteiger partial charge is 0.493 e. The Kier molecular flexibility index (Phi) is 8.99. The van der Waals surface area contributed by atoms with Crippen LogP contribution in [0.25, 0.3) is 0 Å². The zero-order valence-corrected chi connectivity index (χ0v) is 27.8. The van der Waals surface area contributed by atoms with Gasteiger partial charge in [-0.3, -0.25) is 9.59 Å². The van der Waals surface area contributed by atoms with Gasteiger partial charge in [0.05, 0.1) is 18.7 Å². The van der Waals surface area contributed by atoms with Crippen LogP contribution in [0, 0.1) is 10.8 Å². The number of Topliss-reactive ketones (excluding diaryl/α,β-unsaturated/α-hetero) is 2. The Morgan fingerprint density at radius 3 is 1.98 bits per heavy atom. The van der Waals surface area contributed by atoms with Crippen LogP contribution in [0.1, 0.15) is 70.4 Å². The molecule has 0 saturated carbocycles. The lowest BCUT2D eigenvalue weighted by Gasteiger charge is -2.49. The second-order valence-electron chi connectivity index (χ2n) is 13.2. The molecule has 9 heteroatoms. The summed E-state index contributed by atoms with van der Waals surface area (Å²) in [6.45, 7) is 9.68. The quantitative estimate of drug-likeness (QED) is 0.286. The van der Waals surface area contributed by atoms with Crippen LogP contribution in [0.3, 0.4) is 0 Å². The first-order valence-corrected chi connectivity index (χ1v) is 15.6. The zero-order chi connectivity index (χ0) is 31.3. The number of carbonyl (C=O) groups excluding carboxylic acids is 2. The summed E-state index contributed by atoms with van der Waals surface area (Å²) in [6, 6.07) is 8.84. The standard InChI is InChI=1S/C34H38Cl3NO5/c1-33(2)14-24-30(26(39)16-33)29(31-25(38(24)9-10-41-5)15-34(3,4)17-27(31)40)20-11-23(37)32(28(12-20)42-6)43-18-19-7-8-21(35)13-22(19)36/h7-8,11-13,29H,9-10,14-18H2,1-6H3. The van der Waals surface area contributed by atoms with E-state index in [0.29, 0.717) is 76.5 Å². The third-order valence-corrected chi connectivity index (χ3v) is 9.38. The Morgan fingerprint density at radius 1 is 0.837 bits per heavy atom. The van der Waals surface area contributed by atoms with Crippen molar-refractivity contribution in [3.8, 4) is 11.5 Å². The van der Waals surface area contributed by atoms with Crippen molar-refractivity contribution < 1.29 is 23.8 Å². The number of allylic oxidation sites excluding steroid dienone is 4. The molecule has 0 aromatic heterocycles. The third-order valence-electron chi connectivity index (χ3n) is 8.51. The van der Waals surface area contributed by atoms with Crippen LogP contribution in [0.5, 0.6) is 11.5 Å². The van der Waals surface area contributed by atoms with Gasteiger partial charge >= 0.3 is 0 Å². The molecule has 43 heavy (non-hydrogen) atoms. The lowest BCUT2D eigenvalue weighted by atomic mass is 9.63. The second-order valence-corrected chi connectivity index (χ2v) is 14.5. The van der Waals surface area contributed by atoms with Gasteiger partial charge in [-0.2, -0.15) is 0 Å². The van der Waals surface area contributed by atoms with Gasteiger partial charge in [0.2, 0.25) is 0 Å². The molecular weight excluding hydrogens is 609 g/mol. The zero-order valence-electron chi connectivity index (χ0n) is 25.5. The van der Waals surface area contributed by atoms with Crippen LogP contribution in [-0.2, 0) is 20.9 Å². The van der Waals surface area contributed by atoms with Crippen molar-refractivity contribution in [2.24, 2.45) is 10.8 Å². The van der Waals surface area contributed by atoms with Crippen LogP contribution >= 0.6 is 34.8 Å². The van der Waals surface area contributed by atoms with Crippen molar-refractivity contribution in [3.05, 3.63) is 79.1 Å². The molecule has 2 aliphatic carbocycles. The van der Waals surface area contributed by atoms with E-state index >= 15 is 0 Å². The van der Waals surface area contributed by atoms with Crippen LogP contribution < -0.4 is 9.47 Å². The summed E-state index contributed by atoms with van der Waals surface area (Å²) >= 11 is 19.3. The first-order valence-electron chi connectivity index (χ1n) is 14.5. The van der Waals surface area contributed by atoms with E-state index in [-0.39, 0.29) is 29.0 Å². The molecule has 0 saturated heterocycles. The molecular formula is C34H38Cl3NO5. The Balaban J connectivity index is 1.65. The number of methoxy groups -OCH3 is 2. The SMILES string of the molecule is COCCN1C2=C(C(=O)CC(C)(C)C2)C(c2cc(Cl)c(OCc3ccc(Cl)cc3Cl)c(OC)c2)C2=C1CC(C)(C)CC2=O. The summed E-state index contributed by atoms with van der Waals surface area (Å²) in [7, 11) is 3.21. The van der Waals surface area contributed by atoms with E-state index in [1.54, 1.807) is 38.5 Å². The molecule has 1 aliphatic heterocycles. The molecule has 0 amide bonds. The fourth-order valence-corrected chi connectivity index (χ4v) is 7.41. The third kappa shape index (κ3) is 6.35. The van der Waals surface area contributed by atoms with Crippen LogP contribution in [0.15, 0.2) is 52.9 Å². The number of carbonyl (C=O) groups is 2. The molecule has 0 atom stereocenters. The molecule has 0 fully saturated rings. The fraction of sp³-hybridized carbons (Fsp3) is 0.471. The maximum absolute atomic E-state index is 14.0. The molecule has 2 aromatic rings. The number of benzene rings is 2. The number of rotatable bonds is 8. The molecule has 5 rings (SSSR count). The first-order chi connectivity index (χ1) is 20.2. The smallest absolute Gasteiger partial charge is 0.180 e. The van der Waals surface area contributed by atoms with Crippen molar-refractivity contribution >= 4 is 46.4 Å². The van der Waals surface area contributed by atoms with Crippen molar-refractivity contribution in [2.45, 2.75) is 65.9 Å². The number of hydrogen-bond donors (Lipinski definition) is 0. The molecule has 3 aliphatic rings. The van der Waals surface area contributed by atoms with E-state index in [0.717, 1.165) is 22.5 Å². The highest BCUT2D eigenvalue weighted by Crippen LogP contribution is 2.55. The Hall–Kier alpha value is -2.51. The lowest BCUT2D eigenvalue weighted by Crippen LogP contribution is -2.45. The summed E-state index contributed by atoms with van der Waals surface area (Å²) in [5.74, 6) is 0.311. The topological polar surface area (TPSA) is 65.1 Å². The van der Waals surface area contributed by atoms with Crippen molar-refractivity contribution in [1.82, 2.24) is 4.90 Å². The lowest BCUT2D eigenvalue weighted by molar-refractivity contribution is -0.119. The minimum atomic E-state index is -0.554. The predicted molar refractivity (Wildman–Crippen MR) is 170 cm³/mol. The highest BCUT2D eigenvalue weighted by Gasteiger charge is 2.49. The van der Waals surface area contributed by atoms with E-state index in [4.69, 9.17) is 49.0 Å². The van der Waals surface area contributed by atoms with E-state index in [1.807, 2.05) is 6.07 Å². The van der Waals surface area contributed by atoms with Gasteiger partial charge in [-0.25, -0.2) is 0 Å².